The van der Waals surface area contributed by atoms with Crippen LogP contribution in [0.1, 0.15) is 17.1 Å². The summed E-state index contributed by atoms with van der Waals surface area (Å²) in [5.41, 5.74) is 5.29. The molecule has 0 aliphatic carbocycles. The number of imidazole rings is 1. The first-order valence-electron chi connectivity index (χ1n) is 5.33. The van der Waals surface area contributed by atoms with Crippen LogP contribution in [0, 0.1) is 6.92 Å². The van der Waals surface area contributed by atoms with Crippen LogP contribution in [0.25, 0.3) is 4.96 Å². The van der Waals surface area contributed by atoms with Gasteiger partial charge in [-0.05, 0) is 6.92 Å². The average Bonchev–Trinajstić information content (AvgIpc) is 2.98. The standard InChI is InChI=1S/C11H12N4S2/c1-8-10(15-2-3-17-11(15)14-8)5-12-4-9-6-16-7-13-9/h2-3,6-7,12H,4-5H2,1H3. The van der Waals surface area contributed by atoms with Crippen molar-refractivity contribution in [1.29, 1.82) is 0 Å². The Bertz CT molecular complexity index is 609. The first kappa shape index (κ1) is 10.9. The van der Waals surface area contributed by atoms with Crippen molar-refractivity contribution in [1.82, 2.24) is 19.7 Å². The topological polar surface area (TPSA) is 42.2 Å². The molecule has 0 bridgehead atoms. The van der Waals surface area contributed by atoms with Gasteiger partial charge in [-0.25, -0.2) is 9.97 Å². The molecule has 0 saturated carbocycles. The Morgan fingerprint density at radius 1 is 1.41 bits per heavy atom. The van der Waals surface area contributed by atoms with Gasteiger partial charge in [-0.3, -0.25) is 4.40 Å². The third-order valence-corrected chi connectivity index (χ3v) is 4.04. The van der Waals surface area contributed by atoms with Gasteiger partial charge in [0.1, 0.15) is 0 Å². The Balaban J connectivity index is 1.72. The van der Waals surface area contributed by atoms with Crippen molar-refractivity contribution < 1.29 is 0 Å². The zero-order valence-electron chi connectivity index (χ0n) is 9.38. The second-order valence-electron chi connectivity index (χ2n) is 3.78. The van der Waals surface area contributed by atoms with Crippen LogP contribution < -0.4 is 5.32 Å². The van der Waals surface area contributed by atoms with E-state index in [4.69, 9.17) is 0 Å². The van der Waals surface area contributed by atoms with E-state index >= 15 is 0 Å². The van der Waals surface area contributed by atoms with E-state index in [1.165, 1.54) is 5.69 Å². The number of hydrogen-bond donors (Lipinski definition) is 1. The summed E-state index contributed by atoms with van der Waals surface area (Å²) < 4.78 is 2.15. The van der Waals surface area contributed by atoms with Crippen LogP contribution in [-0.4, -0.2) is 14.4 Å². The molecule has 0 aliphatic rings. The summed E-state index contributed by atoms with van der Waals surface area (Å²) in [6.07, 6.45) is 2.07. The number of aromatic nitrogens is 3. The molecule has 0 saturated heterocycles. The summed E-state index contributed by atoms with van der Waals surface area (Å²) in [5, 5.41) is 7.53. The molecule has 3 aromatic heterocycles. The summed E-state index contributed by atoms with van der Waals surface area (Å²) in [6, 6.07) is 0. The maximum Gasteiger partial charge on any atom is 0.194 e. The predicted molar refractivity (Wildman–Crippen MR) is 70.5 cm³/mol. The van der Waals surface area contributed by atoms with Gasteiger partial charge < -0.3 is 5.32 Å². The lowest BCUT2D eigenvalue weighted by Gasteiger charge is -2.03. The second kappa shape index (κ2) is 4.56. The van der Waals surface area contributed by atoms with Gasteiger partial charge in [0, 0.05) is 30.0 Å². The molecule has 3 aromatic rings. The number of fused-ring (bicyclic) bond motifs is 1. The highest BCUT2D eigenvalue weighted by molar-refractivity contribution is 7.15. The summed E-state index contributed by atoms with van der Waals surface area (Å²) >= 11 is 3.29. The molecule has 0 radical (unpaired) electrons. The van der Waals surface area contributed by atoms with Crippen LogP contribution in [0.5, 0.6) is 0 Å². The highest BCUT2D eigenvalue weighted by Crippen LogP contribution is 2.16. The van der Waals surface area contributed by atoms with Crippen LogP contribution in [0.3, 0.4) is 0 Å². The predicted octanol–water partition coefficient (Wildman–Crippen LogP) is 2.45. The number of aryl methyl sites for hydroxylation is 1. The Hall–Kier alpha value is -1.24. The van der Waals surface area contributed by atoms with Crippen LogP contribution in [0.4, 0.5) is 0 Å². The van der Waals surface area contributed by atoms with Gasteiger partial charge in [0.2, 0.25) is 0 Å². The zero-order chi connectivity index (χ0) is 11.7. The van der Waals surface area contributed by atoms with E-state index in [0.29, 0.717) is 0 Å². The first-order chi connectivity index (χ1) is 8.34. The van der Waals surface area contributed by atoms with Gasteiger partial charge in [-0.1, -0.05) is 0 Å². The van der Waals surface area contributed by atoms with Crippen LogP contribution in [-0.2, 0) is 13.1 Å². The summed E-state index contributed by atoms with van der Waals surface area (Å²) in [7, 11) is 0. The molecule has 17 heavy (non-hydrogen) atoms. The lowest BCUT2D eigenvalue weighted by Crippen LogP contribution is -2.14. The fraction of sp³-hybridized carbons (Fsp3) is 0.273. The Morgan fingerprint density at radius 2 is 2.35 bits per heavy atom. The van der Waals surface area contributed by atoms with Crippen molar-refractivity contribution >= 4 is 27.6 Å². The summed E-state index contributed by atoms with van der Waals surface area (Å²) in [4.78, 5) is 9.83. The minimum absolute atomic E-state index is 0.806. The summed E-state index contributed by atoms with van der Waals surface area (Å²) in [5.74, 6) is 0. The molecule has 3 heterocycles. The maximum absolute atomic E-state index is 4.52. The molecule has 0 spiro atoms. The normalized spacial score (nSPS) is 11.4. The second-order valence-corrected chi connectivity index (χ2v) is 5.37. The zero-order valence-corrected chi connectivity index (χ0v) is 11.0. The smallest absolute Gasteiger partial charge is 0.194 e. The number of nitrogens with one attached hydrogen (secondary N) is 1. The van der Waals surface area contributed by atoms with Crippen LogP contribution >= 0.6 is 22.7 Å². The van der Waals surface area contributed by atoms with Crippen molar-refractivity contribution in [3.63, 3.8) is 0 Å². The van der Waals surface area contributed by atoms with Gasteiger partial charge in [0.05, 0.1) is 22.6 Å². The highest BCUT2D eigenvalue weighted by Gasteiger charge is 2.08. The fourth-order valence-corrected chi connectivity index (χ4v) is 3.12. The van der Waals surface area contributed by atoms with E-state index in [9.17, 15) is 0 Å². The van der Waals surface area contributed by atoms with Gasteiger partial charge >= 0.3 is 0 Å². The lowest BCUT2D eigenvalue weighted by molar-refractivity contribution is 0.663. The van der Waals surface area contributed by atoms with E-state index in [1.807, 2.05) is 5.51 Å². The minimum atomic E-state index is 0.806. The van der Waals surface area contributed by atoms with Crippen molar-refractivity contribution in [2.75, 3.05) is 0 Å². The lowest BCUT2D eigenvalue weighted by atomic mass is 10.3. The monoisotopic (exact) mass is 264 g/mol. The minimum Gasteiger partial charge on any atom is -0.305 e. The molecule has 88 valence electrons. The Kier molecular flexibility index (Phi) is 2.92. The molecule has 0 aliphatic heterocycles. The van der Waals surface area contributed by atoms with Crippen molar-refractivity contribution in [2.24, 2.45) is 0 Å². The van der Waals surface area contributed by atoms with Crippen LogP contribution in [0.15, 0.2) is 22.5 Å². The average molecular weight is 264 g/mol. The SMILES string of the molecule is Cc1nc2sccn2c1CNCc1cscn1. The molecule has 0 amide bonds. The largest absolute Gasteiger partial charge is 0.305 e. The van der Waals surface area contributed by atoms with Gasteiger partial charge in [0.15, 0.2) is 4.96 Å². The highest BCUT2D eigenvalue weighted by atomic mass is 32.1. The molecular formula is C11H12N4S2. The Morgan fingerprint density at radius 3 is 3.18 bits per heavy atom. The number of thiazole rings is 2. The molecule has 3 rings (SSSR count). The van der Waals surface area contributed by atoms with E-state index < -0.39 is 0 Å². The third kappa shape index (κ3) is 2.11. The molecule has 4 nitrogen and oxygen atoms in total. The summed E-state index contributed by atoms with van der Waals surface area (Å²) in [6.45, 7) is 3.68. The van der Waals surface area contributed by atoms with Gasteiger partial charge in [0.25, 0.3) is 0 Å². The van der Waals surface area contributed by atoms with E-state index in [-0.39, 0.29) is 0 Å². The quantitative estimate of drug-likeness (QED) is 0.787. The van der Waals surface area contributed by atoms with Crippen molar-refractivity contribution in [3.8, 4) is 0 Å². The Labute approximate surface area is 107 Å². The molecule has 6 heteroatoms. The number of nitrogens with zero attached hydrogens (tertiary/aromatic N) is 3. The molecule has 0 fully saturated rings. The molecule has 0 atom stereocenters. The van der Waals surface area contributed by atoms with Gasteiger partial charge in [-0.2, -0.15) is 0 Å². The fourth-order valence-electron chi connectivity index (χ4n) is 1.79. The van der Waals surface area contributed by atoms with Crippen molar-refractivity contribution in [3.05, 3.63) is 39.5 Å². The molecular weight excluding hydrogens is 252 g/mol. The van der Waals surface area contributed by atoms with E-state index in [2.05, 4.69) is 43.6 Å². The van der Waals surface area contributed by atoms with E-state index in [1.54, 1.807) is 22.7 Å². The maximum atomic E-state index is 4.52. The third-order valence-electron chi connectivity index (χ3n) is 2.64. The van der Waals surface area contributed by atoms with E-state index in [0.717, 1.165) is 29.4 Å². The molecule has 1 N–H and O–H groups in total. The molecule has 0 aromatic carbocycles. The first-order valence-corrected chi connectivity index (χ1v) is 7.15. The van der Waals surface area contributed by atoms with Crippen LogP contribution in [0.2, 0.25) is 0 Å². The van der Waals surface area contributed by atoms with Crippen molar-refractivity contribution in [2.45, 2.75) is 20.0 Å². The van der Waals surface area contributed by atoms with Gasteiger partial charge in [-0.15, -0.1) is 22.7 Å². The number of hydrogen-bond acceptors (Lipinski definition) is 5. The molecule has 0 unspecified atom stereocenters. The number of rotatable bonds is 4.